The summed E-state index contributed by atoms with van der Waals surface area (Å²) in [7, 11) is 0. The number of aryl methyl sites for hydroxylation is 1. The molecule has 0 aliphatic heterocycles. The fourth-order valence-electron chi connectivity index (χ4n) is 2.87. The van der Waals surface area contributed by atoms with E-state index in [4.69, 9.17) is 11.6 Å². The van der Waals surface area contributed by atoms with Crippen LogP contribution in [-0.4, -0.2) is 11.8 Å². The average molecular weight is 371 g/mol. The fourth-order valence-corrected chi connectivity index (χ4v) is 3.05. The van der Waals surface area contributed by atoms with Crippen LogP contribution in [0.25, 0.3) is 0 Å². The Labute approximate surface area is 158 Å². The van der Waals surface area contributed by atoms with E-state index in [1.54, 1.807) is 6.07 Å². The summed E-state index contributed by atoms with van der Waals surface area (Å²) in [6.07, 6.45) is 0.571. The lowest BCUT2D eigenvalue weighted by molar-refractivity contribution is -0.122. The summed E-state index contributed by atoms with van der Waals surface area (Å²) in [6.45, 7) is 6.16. The van der Waals surface area contributed by atoms with Gasteiger partial charge in [-0.15, -0.1) is 0 Å². The third-order valence-corrected chi connectivity index (χ3v) is 5.16. The van der Waals surface area contributed by atoms with Gasteiger partial charge in [0.05, 0.1) is 11.8 Å². The van der Waals surface area contributed by atoms with Gasteiger partial charge < -0.3 is 10.6 Å². The maximum atomic E-state index is 12.3. The molecule has 4 nitrogen and oxygen atoms in total. The predicted octanol–water partition coefficient (Wildman–Crippen LogP) is 4.99. The highest BCUT2D eigenvalue weighted by atomic mass is 35.5. The minimum atomic E-state index is -0.287. The first-order valence-corrected chi connectivity index (χ1v) is 9.21. The molecule has 5 heteroatoms. The lowest BCUT2D eigenvalue weighted by Gasteiger charge is -2.09. The molecule has 1 saturated carbocycles. The van der Waals surface area contributed by atoms with E-state index in [-0.39, 0.29) is 23.7 Å². The van der Waals surface area contributed by atoms with Crippen molar-refractivity contribution in [2.75, 3.05) is 10.6 Å². The smallest absolute Gasteiger partial charge is 0.228 e. The van der Waals surface area contributed by atoms with Gasteiger partial charge in [-0.3, -0.25) is 9.59 Å². The molecule has 2 atom stereocenters. The van der Waals surface area contributed by atoms with Crippen molar-refractivity contribution in [3.05, 3.63) is 58.6 Å². The van der Waals surface area contributed by atoms with Crippen molar-refractivity contribution >= 4 is 34.8 Å². The number of nitrogens with one attached hydrogen (secondary N) is 2. The molecule has 0 saturated heterocycles. The van der Waals surface area contributed by atoms with Gasteiger partial charge in [0.1, 0.15) is 0 Å². The Morgan fingerprint density at radius 1 is 0.962 bits per heavy atom. The van der Waals surface area contributed by atoms with Crippen molar-refractivity contribution < 1.29 is 9.59 Å². The van der Waals surface area contributed by atoms with Crippen molar-refractivity contribution in [2.45, 2.75) is 33.1 Å². The molecule has 1 aliphatic rings. The number of rotatable bonds is 5. The van der Waals surface area contributed by atoms with Gasteiger partial charge in [0, 0.05) is 16.4 Å². The van der Waals surface area contributed by atoms with E-state index in [0.29, 0.717) is 23.0 Å². The Bertz CT molecular complexity index is 830. The Kier molecular flexibility index (Phi) is 5.33. The summed E-state index contributed by atoms with van der Waals surface area (Å²) in [5.74, 6) is -0.359. The largest absolute Gasteiger partial charge is 0.326 e. The highest BCUT2D eigenvalue weighted by molar-refractivity contribution is 6.31. The monoisotopic (exact) mass is 370 g/mol. The van der Waals surface area contributed by atoms with Gasteiger partial charge in [-0.05, 0) is 54.7 Å². The Morgan fingerprint density at radius 2 is 1.50 bits per heavy atom. The highest BCUT2D eigenvalue weighted by Crippen LogP contribution is 2.40. The highest BCUT2D eigenvalue weighted by Gasteiger charge is 2.48. The molecule has 2 N–H and O–H groups in total. The van der Waals surface area contributed by atoms with Crippen LogP contribution in [0.15, 0.2) is 42.5 Å². The molecule has 136 valence electrons. The zero-order chi connectivity index (χ0) is 18.8. The van der Waals surface area contributed by atoms with Crippen molar-refractivity contribution in [1.29, 1.82) is 0 Å². The third kappa shape index (κ3) is 4.25. The fraction of sp³-hybridized carbons (Fsp3) is 0.333. The molecular weight excluding hydrogens is 348 g/mol. The van der Waals surface area contributed by atoms with E-state index >= 15 is 0 Å². The molecule has 0 aromatic heterocycles. The summed E-state index contributed by atoms with van der Waals surface area (Å²) < 4.78 is 0. The Hall–Kier alpha value is -2.33. The normalized spacial score (nSPS) is 18.5. The summed E-state index contributed by atoms with van der Waals surface area (Å²) in [4.78, 5) is 24.7. The van der Waals surface area contributed by atoms with Gasteiger partial charge >= 0.3 is 0 Å². The first-order chi connectivity index (χ1) is 12.3. The van der Waals surface area contributed by atoms with Crippen LogP contribution in [0.4, 0.5) is 11.4 Å². The number of benzene rings is 2. The number of hydrogen-bond donors (Lipinski definition) is 2. The number of halogens is 1. The van der Waals surface area contributed by atoms with Crippen molar-refractivity contribution in [3.63, 3.8) is 0 Å². The second-order valence-corrected chi connectivity index (χ2v) is 7.58. The number of anilines is 2. The molecule has 2 amide bonds. The summed E-state index contributed by atoms with van der Waals surface area (Å²) in [5, 5.41) is 6.34. The Morgan fingerprint density at radius 3 is 2.04 bits per heavy atom. The van der Waals surface area contributed by atoms with E-state index in [2.05, 4.69) is 24.5 Å². The minimum absolute atomic E-state index is 0.107. The van der Waals surface area contributed by atoms with Crippen LogP contribution in [0.5, 0.6) is 0 Å². The van der Waals surface area contributed by atoms with Crippen molar-refractivity contribution in [3.8, 4) is 0 Å². The molecule has 0 bridgehead atoms. The Balaban J connectivity index is 1.54. The van der Waals surface area contributed by atoms with Crippen molar-refractivity contribution in [2.24, 2.45) is 11.8 Å². The first kappa shape index (κ1) is 18.5. The van der Waals surface area contributed by atoms with Crippen LogP contribution in [0.3, 0.4) is 0 Å². The standard InChI is InChI=1S/C21H23ClN2O2/c1-12(2)14-5-8-15(9-6-14)23-20(25)17-11-18(17)21(26)24-16-7-4-13(3)19(22)10-16/h4-10,12,17-18H,11H2,1-3H3,(H,23,25)(H,24,26). The summed E-state index contributed by atoms with van der Waals surface area (Å²) in [6, 6.07) is 13.2. The average Bonchev–Trinajstić information content (AvgIpc) is 3.39. The van der Waals surface area contributed by atoms with Crippen LogP contribution >= 0.6 is 11.6 Å². The van der Waals surface area contributed by atoms with Gasteiger partial charge in [-0.2, -0.15) is 0 Å². The topological polar surface area (TPSA) is 58.2 Å². The van der Waals surface area contributed by atoms with Gasteiger partial charge in [0.15, 0.2) is 0 Å². The molecule has 3 rings (SSSR count). The third-order valence-electron chi connectivity index (χ3n) is 4.75. The quantitative estimate of drug-likeness (QED) is 0.779. The molecule has 0 radical (unpaired) electrons. The van der Waals surface area contributed by atoms with E-state index < -0.39 is 0 Å². The molecule has 2 aromatic rings. The van der Waals surface area contributed by atoms with Crippen LogP contribution < -0.4 is 10.6 Å². The van der Waals surface area contributed by atoms with Gasteiger partial charge in [0.2, 0.25) is 11.8 Å². The minimum Gasteiger partial charge on any atom is -0.326 e. The molecule has 2 unspecified atom stereocenters. The molecule has 0 spiro atoms. The van der Waals surface area contributed by atoms with Gasteiger partial charge in [-0.1, -0.05) is 43.6 Å². The molecular formula is C21H23ClN2O2. The lowest BCUT2D eigenvalue weighted by Crippen LogP contribution is -2.20. The number of amides is 2. The van der Waals surface area contributed by atoms with Crippen LogP contribution in [0, 0.1) is 18.8 Å². The molecule has 1 fully saturated rings. The second kappa shape index (κ2) is 7.50. The molecule has 0 heterocycles. The van der Waals surface area contributed by atoms with Gasteiger partial charge in [-0.25, -0.2) is 0 Å². The van der Waals surface area contributed by atoms with E-state index in [1.165, 1.54) is 5.56 Å². The van der Waals surface area contributed by atoms with Crippen LogP contribution in [0.2, 0.25) is 5.02 Å². The first-order valence-electron chi connectivity index (χ1n) is 8.83. The van der Waals surface area contributed by atoms with E-state index in [0.717, 1.165) is 11.3 Å². The maximum Gasteiger partial charge on any atom is 0.228 e. The molecule has 2 aromatic carbocycles. The molecule has 26 heavy (non-hydrogen) atoms. The van der Waals surface area contributed by atoms with Gasteiger partial charge in [0.25, 0.3) is 0 Å². The number of carbonyl (C=O) groups excluding carboxylic acids is 2. The maximum absolute atomic E-state index is 12.3. The van der Waals surface area contributed by atoms with E-state index in [9.17, 15) is 9.59 Å². The number of hydrogen-bond acceptors (Lipinski definition) is 2. The van der Waals surface area contributed by atoms with E-state index in [1.807, 2.05) is 43.3 Å². The number of carbonyl (C=O) groups is 2. The summed E-state index contributed by atoms with van der Waals surface area (Å²) >= 11 is 6.08. The summed E-state index contributed by atoms with van der Waals surface area (Å²) in [5.41, 5.74) is 3.59. The predicted molar refractivity (Wildman–Crippen MR) is 106 cm³/mol. The zero-order valence-electron chi connectivity index (χ0n) is 15.2. The van der Waals surface area contributed by atoms with Crippen LogP contribution in [0.1, 0.15) is 37.3 Å². The second-order valence-electron chi connectivity index (χ2n) is 7.17. The van der Waals surface area contributed by atoms with Crippen LogP contribution in [-0.2, 0) is 9.59 Å². The van der Waals surface area contributed by atoms with Crippen molar-refractivity contribution in [1.82, 2.24) is 0 Å². The molecule has 1 aliphatic carbocycles. The zero-order valence-corrected chi connectivity index (χ0v) is 15.9. The lowest BCUT2D eigenvalue weighted by atomic mass is 10.0. The SMILES string of the molecule is Cc1ccc(NC(=O)C2CC2C(=O)Nc2ccc(C(C)C)cc2)cc1Cl.